The maximum atomic E-state index is 10.0. The molecule has 0 bridgehead atoms. The highest BCUT2D eigenvalue weighted by Crippen LogP contribution is 2.37. The smallest absolute Gasteiger partial charge is 0.218 e. The van der Waals surface area contributed by atoms with Crippen molar-refractivity contribution in [3.8, 4) is 5.88 Å². The van der Waals surface area contributed by atoms with Crippen LogP contribution in [0.1, 0.15) is 18.1 Å². The molecule has 0 fully saturated rings. The topological polar surface area (TPSA) is 60.7 Å². The molecular weight excluding hydrogens is 262 g/mol. The minimum absolute atomic E-state index is 0.0493. The monoisotopic (exact) mass is 279 g/mol. The molecule has 21 heavy (non-hydrogen) atoms. The fraction of sp³-hybridized carbons (Fsp3) is 0.176. The fourth-order valence-corrected chi connectivity index (χ4v) is 2.34. The summed E-state index contributed by atoms with van der Waals surface area (Å²) < 4.78 is 0. The standard InChI is InChI=1S/C17H17N3O/c1-3-12-7-9-13(10-8-12)19-20-16-14-6-4-5-11(2)15(14)18-17(16)21/h4-10,18,21H,3H2,1-2H3. The highest BCUT2D eigenvalue weighted by Gasteiger charge is 2.11. The van der Waals surface area contributed by atoms with E-state index in [0.29, 0.717) is 5.69 Å². The summed E-state index contributed by atoms with van der Waals surface area (Å²) in [6.45, 7) is 4.10. The number of hydrogen-bond donors (Lipinski definition) is 2. The number of H-pyrrole nitrogens is 1. The number of para-hydroxylation sites is 1. The van der Waals surface area contributed by atoms with Crippen molar-refractivity contribution in [2.45, 2.75) is 20.3 Å². The summed E-state index contributed by atoms with van der Waals surface area (Å²) in [5, 5.41) is 19.3. The van der Waals surface area contributed by atoms with E-state index in [4.69, 9.17) is 0 Å². The lowest BCUT2D eigenvalue weighted by Crippen LogP contribution is -1.76. The first-order chi connectivity index (χ1) is 10.2. The van der Waals surface area contributed by atoms with Gasteiger partial charge in [-0.25, -0.2) is 0 Å². The average molecular weight is 279 g/mol. The lowest BCUT2D eigenvalue weighted by Gasteiger charge is -1.97. The molecule has 0 saturated carbocycles. The number of aromatic hydroxyl groups is 1. The van der Waals surface area contributed by atoms with Crippen molar-refractivity contribution in [1.29, 1.82) is 0 Å². The van der Waals surface area contributed by atoms with Crippen LogP contribution in [-0.2, 0) is 6.42 Å². The van der Waals surface area contributed by atoms with Gasteiger partial charge in [0.1, 0.15) is 0 Å². The van der Waals surface area contributed by atoms with Gasteiger partial charge in [-0.2, -0.15) is 5.11 Å². The number of aryl methyl sites for hydroxylation is 2. The number of rotatable bonds is 3. The third kappa shape index (κ3) is 2.52. The van der Waals surface area contributed by atoms with Gasteiger partial charge >= 0.3 is 0 Å². The molecule has 0 spiro atoms. The Morgan fingerprint density at radius 2 is 1.81 bits per heavy atom. The van der Waals surface area contributed by atoms with Gasteiger partial charge < -0.3 is 10.1 Å². The molecule has 1 heterocycles. The van der Waals surface area contributed by atoms with Gasteiger partial charge in [0.2, 0.25) is 5.88 Å². The molecule has 0 saturated heterocycles. The Hall–Kier alpha value is -2.62. The van der Waals surface area contributed by atoms with E-state index in [1.54, 1.807) is 0 Å². The van der Waals surface area contributed by atoms with Crippen LogP contribution in [0.4, 0.5) is 11.4 Å². The van der Waals surface area contributed by atoms with Crippen LogP contribution in [0, 0.1) is 6.92 Å². The van der Waals surface area contributed by atoms with Crippen LogP contribution in [0.15, 0.2) is 52.7 Å². The van der Waals surface area contributed by atoms with Gasteiger partial charge in [-0.05, 0) is 36.6 Å². The predicted molar refractivity (Wildman–Crippen MR) is 84.7 cm³/mol. The number of fused-ring (bicyclic) bond motifs is 1. The second-order valence-corrected chi connectivity index (χ2v) is 5.04. The van der Waals surface area contributed by atoms with E-state index in [-0.39, 0.29) is 5.88 Å². The van der Waals surface area contributed by atoms with Crippen molar-refractivity contribution in [2.75, 3.05) is 0 Å². The second kappa shape index (κ2) is 5.40. The van der Waals surface area contributed by atoms with E-state index in [1.165, 1.54) is 5.56 Å². The Bertz CT molecular complexity index is 801. The summed E-state index contributed by atoms with van der Waals surface area (Å²) in [6, 6.07) is 13.8. The second-order valence-electron chi connectivity index (χ2n) is 5.04. The first-order valence-electron chi connectivity index (χ1n) is 7.00. The van der Waals surface area contributed by atoms with Crippen LogP contribution < -0.4 is 0 Å². The third-order valence-corrected chi connectivity index (χ3v) is 3.61. The van der Waals surface area contributed by atoms with Crippen LogP contribution in [0.25, 0.3) is 10.9 Å². The molecule has 4 nitrogen and oxygen atoms in total. The Labute approximate surface area is 123 Å². The predicted octanol–water partition coefficient (Wildman–Crippen LogP) is 5.16. The molecule has 1 aromatic heterocycles. The van der Waals surface area contributed by atoms with E-state index in [2.05, 4.69) is 22.1 Å². The van der Waals surface area contributed by atoms with E-state index in [1.807, 2.05) is 49.4 Å². The quantitative estimate of drug-likeness (QED) is 0.639. The number of aromatic nitrogens is 1. The molecule has 2 aromatic carbocycles. The van der Waals surface area contributed by atoms with Crippen molar-refractivity contribution in [3.05, 3.63) is 53.6 Å². The third-order valence-electron chi connectivity index (χ3n) is 3.61. The van der Waals surface area contributed by atoms with E-state index in [0.717, 1.165) is 28.6 Å². The summed E-state index contributed by atoms with van der Waals surface area (Å²) in [5.74, 6) is 0.0493. The summed E-state index contributed by atoms with van der Waals surface area (Å²) >= 11 is 0. The Morgan fingerprint density at radius 1 is 1.05 bits per heavy atom. The number of azo groups is 1. The van der Waals surface area contributed by atoms with Crippen molar-refractivity contribution in [1.82, 2.24) is 4.98 Å². The van der Waals surface area contributed by atoms with Gasteiger partial charge in [-0.1, -0.05) is 37.3 Å². The first-order valence-corrected chi connectivity index (χ1v) is 7.00. The molecule has 2 N–H and O–H groups in total. The van der Waals surface area contributed by atoms with Crippen molar-refractivity contribution in [3.63, 3.8) is 0 Å². The van der Waals surface area contributed by atoms with Crippen molar-refractivity contribution >= 4 is 22.3 Å². The van der Waals surface area contributed by atoms with Gasteiger partial charge in [0, 0.05) is 5.39 Å². The molecule has 0 aliphatic carbocycles. The normalized spacial score (nSPS) is 11.5. The van der Waals surface area contributed by atoms with Crippen LogP contribution in [0.2, 0.25) is 0 Å². The maximum absolute atomic E-state index is 10.0. The van der Waals surface area contributed by atoms with Crippen LogP contribution in [0.3, 0.4) is 0 Å². The highest BCUT2D eigenvalue weighted by molar-refractivity contribution is 5.95. The highest BCUT2D eigenvalue weighted by atomic mass is 16.3. The van der Waals surface area contributed by atoms with E-state index in [9.17, 15) is 5.11 Å². The number of nitrogens with zero attached hydrogens (tertiary/aromatic N) is 2. The Morgan fingerprint density at radius 3 is 2.52 bits per heavy atom. The molecule has 0 aliphatic rings. The zero-order valence-corrected chi connectivity index (χ0v) is 12.1. The molecule has 0 amide bonds. The molecule has 0 unspecified atom stereocenters. The molecule has 0 radical (unpaired) electrons. The lowest BCUT2D eigenvalue weighted by molar-refractivity contribution is 0.459. The molecular formula is C17H17N3O. The summed E-state index contributed by atoms with van der Waals surface area (Å²) in [5.41, 5.74) is 4.48. The molecule has 0 atom stereocenters. The van der Waals surface area contributed by atoms with Gasteiger partial charge in [0.25, 0.3) is 0 Å². The Balaban J connectivity index is 1.99. The average Bonchev–Trinajstić information content (AvgIpc) is 2.83. The van der Waals surface area contributed by atoms with Crippen molar-refractivity contribution in [2.24, 2.45) is 10.2 Å². The number of hydrogen-bond acceptors (Lipinski definition) is 3. The van der Waals surface area contributed by atoms with Gasteiger partial charge in [-0.3, -0.25) is 0 Å². The minimum Gasteiger partial charge on any atom is -0.493 e. The number of benzene rings is 2. The van der Waals surface area contributed by atoms with E-state index >= 15 is 0 Å². The van der Waals surface area contributed by atoms with Crippen LogP contribution in [0.5, 0.6) is 5.88 Å². The van der Waals surface area contributed by atoms with E-state index < -0.39 is 0 Å². The molecule has 3 rings (SSSR count). The summed E-state index contributed by atoms with van der Waals surface area (Å²) in [7, 11) is 0. The van der Waals surface area contributed by atoms with Crippen LogP contribution in [-0.4, -0.2) is 10.1 Å². The lowest BCUT2D eigenvalue weighted by atomic mass is 10.1. The minimum atomic E-state index is 0.0493. The molecule has 3 aromatic rings. The molecule has 4 heteroatoms. The van der Waals surface area contributed by atoms with Crippen LogP contribution >= 0.6 is 0 Å². The fourth-order valence-electron chi connectivity index (χ4n) is 2.34. The van der Waals surface area contributed by atoms with Gasteiger partial charge in [0.05, 0.1) is 11.2 Å². The van der Waals surface area contributed by atoms with Gasteiger partial charge in [0.15, 0.2) is 5.69 Å². The number of nitrogens with one attached hydrogen (secondary N) is 1. The summed E-state index contributed by atoms with van der Waals surface area (Å²) in [6.07, 6.45) is 1.000. The van der Waals surface area contributed by atoms with Crippen molar-refractivity contribution < 1.29 is 5.11 Å². The SMILES string of the molecule is CCc1ccc(N=Nc2c(O)[nH]c3c(C)cccc23)cc1. The molecule has 106 valence electrons. The van der Waals surface area contributed by atoms with Gasteiger partial charge in [-0.15, -0.1) is 5.11 Å². The maximum Gasteiger partial charge on any atom is 0.218 e. The Kier molecular flexibility index (Phi) is 3.44. The zero-order chi connectivity index (χ0) is 14.8. The molecule has 0 aliphatic heterocycles. The summed E-state index contributed by atoms with van der Waals surface area (Å²) in [4.78, 5) is 2.95. The largest absolute Gasteiger partial charge is 0.493 e. The zero-order valence-electron chi connectivity index (χ0n) is 12.1. The first kappa shape index (κ1) is 13.4. The number of aromatic amines is 1.